The Morgan fingerprint density at radius 1 is 1.09 bits per heavy atom. The van der Waals surface area contributed by atoms with Gasteiger partial charge in [-0.3, -0.25) is 4.99 Å². The molecule has 2 heterocycles. The standard InChI is InChI=1S/C19H30N4/c1-20-19(23-16-11-17-9-4-5-10-18(17)23)21-12-8-15-22-13-6-2-3-7-14-22/h4-5,9-10H,2-3,6-8,11-16H2,1H3,(H,20,21). The average Bonchev–Trinajstić information content (AvgIpc) is 2.83. The van der Waals surface area contributed by atoms with Crippen molar-refractivity contribution in [2.45, 2.75) is 38.5 Å². The normalized spacial score (nSPS) is 19.5. The third kappa shape index (κ3) is 4.25. The number of aliphatic imine (C=N–C) groups is 1. The van der Waals surface area contributed by atoms with E-state index in [0.717, 1.165) is 25.5 Å². The second-order valence-corrected chi connectivity index (χ2v) is 6.61. The van der Waals surface area contributed by atoms with Crippen molar-refractivity contribution < 1.29 is 0 Å². The van der Waals surface area contributed by atoms with Gasteiger partial charge in [-0.1, -0.05) is 31.0 Å². The fraction of sp³-hybridized carbons (Fsp3) is 0.632. The van der Waals surface area contributed by atoms with E-state index in [9.17, 15) is 0 Å². The Morgan fingerprint density at radius 2 is 1.87 bits per heavy atom. The molecule has 0 unspecified atom stereocenters. The van der Waals surface area contributed by atoms with Crippen molar-refractivity contribution in [1.82, 2.24) is 10.2 Å². The molecule has 0 saturated carbocycles. The summed E-state index contributed by atoms with van der Waals surface area (Å²) in [4.78, 5) is 9.43. The molecular weight excluding hydrogens is 284 g/mol. The molecular formula is C19H30N4. The van der Waals surface area contributed by atoms with E-state index in [2.05, 4.69) is 44.4 Å². The Balaban J connectivity index is 1.45. The van der Waals surface area contributed by atoms with Gasteiger partial charge in [0.05, 0.1) is 0 Å². The van der Waals surface area contributed by atoms with Crippen LogP contribution in [0.25, 0.3) is 0 Å². The van der Waals surface area contributed by atoms with Gasteiger partial charge in [0, 0.05) is 25.8 Å². The maximum Gasteiger partial charge on any atom is 0.198 e. The number of fused-ring (bicyclic) bond motifs is 1. The number of benzene rings is 1. The first kappa shape index (κ1) is 16.3. The van der Waals surface area contributed by atoms with Gasteiger partial charge in [0.1, 0.15) is 0 Å². The van der Waals surface area contributed by atoms with Gasteiger partial charge in [0.2, 0.25) is 0 Å². The highest BCUT2D eigenvalue weighted by molar-refractivity contribution is 5.97. The van der Waals surface area contributed by atoms with E-state index in [0.29, 0.717) is 0 Å². The Labute approximate surface area is 140 Å². The topological polar surface area (TPSA) is 30.9 Å². The highest BCUT2D eigenvalue weighted by atomic mass is 15.3. The summed E-state index contributed by atoms with van der Waals surface area (Å²) in [6.45, 7) is 5.82. The number of para-hydroxylation sites is 1. The van der Waals surface area contributed by atoms with Crippen molar-refractivity contribution in [2.75, 3.05) is 44.7 Å². The molecule has 0 amide bonds. The minimum atomic E-state index is 1.00. The summed E-state index contributed by atoms with van der Waals surface area (Å²) in [5.74, 6) is 1.02. The van der Waals surface area contributed by atoms with Gasteiger partial charge in [0.25, 0.3) is 0 Å². The molecule has 1 fully saturated rings. The van der Waals surface area contributed by atoms with Gasteiger partial charge in [0.15, 0.2) is 5.96 Å². The zero-order valence-corrected chi connectivity index (χ0v) is 14.4. The monoisotopic (exact) mass is 314 g/mol. The summed E-state index contributed by atoms with van der Waals surface area (Å²) in [7, 11) is 1.89. The van der Waals surface area contributed by atoms with Crippen molar-refractivity contribution in [3.8, 4) is 0 Å². The highest BCUT2D eigenvalue weighted by Crippen LogP contribution is 2.27. The Hall–Kier alpha value is -1.55. The van der Waals surface area contributed by atoms with Crippen molar-refractivity contribution in [3.05, 3.63) is 29.8 Å². The van der Waals surface area contributed by atoms with Crippen LogP contribution in [-0.2, 0) is 6.42 Å². The number of guanidine groups is 1. The first-order valence-electron chi connectivity index (χ1n) is 9.17. The summed E-state index contributed by atoms with van der Waals surface area (Å²) >= 11 is 0. The Morgan fingerprint density at radius 3 is 2.65 bits per heavy atom. The van der Waals surface area contributed by atoms with E-state index in [1.54, 1.807) is 0 Å². The molecule has 0 spiro atoms. The van der Waals surface area contributed by atoms with Gasteiger partial charge < -0.3 is 15.1 Å². The van der Waals surface area contributed by atoms with Crippen LogP contribution in [0.4, 0.5) is 5.69 Å². The van der Waals surface area contributed by atoms with E-state index in [1.165, 1.54) is 63.0 Å². The predicted octanol–water partition coefficient (Wildman–Crippen LogP) is 2.89. The van der Waals surface area contributed by atoms with Crippen LogP contribution in [0, 0.1) is 0 Å². The molecule has 1 aromatic rings. The molecule has 1 N–H and O–H groups in total. The van der Waals surface area contributed by atoms with Crippen molar-refractivity contribution in [2.24, 2.45) is 4.99 Å². The molecule has 1 aromatic carbocycles. The lowest BCUT2D eigenvalue weighted by Gasteiger charge is -2.23. The molecule has 0 radical (unpaired) electrons. The second-order valence-electron chi connectivity index (χ2n) is 6.61. The lowest BCUT2D eigenvalue weighted by atomic mass is 10.2. The van der Waals surface area contributed by atoms with Gasteiger partial charge in [-0.25, -0.2) is 0 Å². The third-order valence-electron chi connectivity index (χ3n) is 4.99. The first-order chi connectivity index (χ1) is 11.4. The smallest absolute Gasteiger partial charge is 0.198 e. The lowest BCUT2D eigenvalue weighted by Crippen LogP contribution is -2.41. The van der Waals surface area contributed by atoms with Crippen LogP contribution in [-0.4, -0.2) is 50.6 Å². The number of hydrogen-bond acceptors (Lipinski definition) is 2. The Kier molecular flexibility index (Phi) is 5.92. The molecule has 0 aromatic heterocycles. The van der Waals surface area contributed by atoms with Crippen LogP contribution in [0.2, 0.25) is 0 Å². The van der Waals surface area contributed by atoms with Crippen LogP contribution < -0.4 is 10.2 Å². The summed E-state index contributed by atoms with van der Waals surface area (Å²) in [5.41, 5.74) is 2.74. The molecule has 3 rings (SSSR count). The van der Waals surface area contributed by atoms with Gasteiger partial charge in [-0.2, -0.15) is 0 Å². The van der Waals surface area contributed by atoms with Gasteiger partial charge >= 0.3 is 0 Å². The van der Waals surface area contributed by atoms with E-state index in [-0.39, 0.29) is 0 Å². The number of nitrogens with one attached hydrogen (secondary N) is 1. The van der Waals surface area contributed by atoms with Crippen molar-refractivity contribution >= 4 is 11.6 Å². The van der Waals surface area contributed by atoms with Crippen LogP contribution in [0.3, 0.4) is 0 Å². The first-order valence-corrected chi connectivity index (χ1v) is 9.17. The SMILES string of the molecule is CN=C(NCCCN1CCCCCC1)N1CCc2ccccc21. The summed E-state index contributed by atoms with van der Waals surface area (Å²) < 4.78 is 0. The summed E-state index contributed by atoms with van der Waals surface area (Å²) in [6.07, 6.45) is 7.88. The van der Waals surface area contributed by atoms with E-state index in [1.807, 2.05) is 7.05 Å². The molecule has 0 bridgehead atoms. The average molecular weight is 314 g/mol. The molecule has 4 heteroatoms. The maximum atomic E-state index is 4.49. The number of anilines is 1. The van der Waals surface area contributed by atoms with Crippen LogP contribution >= 0.6 is 0 Å². The molecule has 4 nitrogen and oxygen atoms in total. The maximum absolute atomic E-state index is 4.49. The highest BCUT2D eigenvalue weighted by Gasteiger charge is 2.22. The quantitative estimate of drug-likeness (QED) is 0.527. The molecule has 1 saturated heterocycles. The summed E-state index contributed by atoms with van der Waals surface area (Å²) in [6, 6.07) is 8.66. The minimum absolute atomic E-state index is 1.00. The van der Waals surface area contributed by atoms with Crippen molar-refractivity contribution in [3.63, 3.8) is 0 Å². The van der Waals surface area contributed by atoms with Crippen molar-refractivity contribution in [1.29, 1.82) is 0 Å². The zero-order valence-electron chi connectivity index (χ0n) is 14.4. The Bertz CT molecular complexity index is 518. The third-order valence-corrected chi connectivity index (χ3v) is 4.99. The predicted molar refractivity (Wildman–Crippen MR) is 98.4 cm³/mol. The number of hydrogen-bond donors (Lipinski definition) is 1. The van der Waals surface area contributed by atoms with E-state index in [4.69, 9.17) is 0 Å². The van der Waals surface area contributed by atoms with Gasteiger partial charge in [-0.15, -0.1) is 0 Å². The number of likely N-dealkylation sites (tertiary alicyclic amines) is 1. The van der Waals surface area contributed by atoms with Crippen LogP contribution in [0.1, 0.15) is 37.7 Å². The zero-order chi connectivity index (χ0) is 15.9. The van der Waals surface area contributed by atoms with E-state index < -0.39 is 0 Å². The minimum Gasteiger partial charge on any atom is -0.356 e. The molecule has 23 heavy (non-hydrogen) atoms. The van der Waals surface area contributed by atoms with E-state index >= 15 is 0 Å². The fourth-order valence-corrected chi connectivity index (χ4v) is 3.72. The molecule has 2 aliphatic rings. The number of nitrogens with zero attached hydrogens (tertiary/aromatic N) is 3. The second kappa shape index (κ2) is 8.34. The largest absolute Gasteiger partial charge is 0.356 e. The summed E-state index contributed by atoms with van der Waals surface area (Å²) in [5, 5.41) is 3.56. The van der Waals surface area contributed by atoms with Crippen LogP contribution in [0.15, 0.2) is 29.3 Å². The lowest BCUT2D eigenvalue weighted by molar-refractivity contribution is 0.282. The van der Waals surface area contributed by atoms with Crippen LogP contribution in [0.5, 0.6) is 0 Å². The van der Waals surface area contributed by atoms with Gasteiger partial charge in [-0.05, 0) is 56.9 Å². The molecule has 126 valence electrons. The molecule has 0 aliphatic carbocycles. The number of rotatable bonds is 4. The molecule has 2 aliphatic heterocycles. The fourth-order valence-electron chi connectivity index (χ4n) is 3.72. The molecule has 0 atom stereocenters.